The highest BCUT2D eigenvalue weighted by molar-refractivity contribution is 5.42. The van der Waals surface area contributed by atoms with Crippen LogP contribution in [0, 0.1) is 0 Å². The monoisotopic (exact) mass is 289 g/mol. The maximum Gasteiger partial charge on any atom is 0.387 e. The summed E-state index contributed by atoms with van der Waals surface area (Å²) in [5.74, 6) is 0.287. The summed E-state index contributed by atoms with van der Waals surface area (Å²) in [7, 11) is 3.26. The molecule has 0 aromatic heterocycles. The van der Waals surface area contributed by atoms with E-state index in [-0.39, 0.29) is 11.5 Å². The average Bonchev–Trinajstić information content (AvgIpc) is 2.38. The second-order valence-electron chi connectivity index (χ2n) is 4.62. The van der Waals surface area contributed by atoms with Gasteiger partial charge < -0.3 is 14.6 Å². The fraction of sp³-hybridized carbons (Fsp3) is 0.571. The van der Waals surface area contributed by atoms with Gasteiger partial charge in [-0.3, -0.25) is 4.90 Å². The predicted octanol–water partition coefficient (Wildman–Crippen LogP) is 2.50. The Bertz CT molecular complexity index is 415. The van der Waals surface area contributed by atoms with Crippen LogP contribution in [-0.4, -0.2) is 43.4 Å². The molecule has 1 unspecified atom stereocenters. The normalized spacial score (nSPS) is 12.8. The zero-order valence-corrected chi connectivity index (χ0v) is 12.0. The number of aliphatic hydroxyl groups excluding tert-OH is 1. The summed E-state index contributed by atoms with van der Waals surface area (Å²) in [5.41, 5.74) is 0.812. The van der Waals surface area contributed by atoms with Gasteiger partial charge in [0.05, 0.1) is 13.2 Å². The summed E-state index contributed by atoms with van der Waals surface area (Å²) in [5, 5.41) is 9.58. The number of hydrogen-bond acceptors (Lipinski definition) is 4. The van der Waals surface area contributed by atoms with E-state index in [9.17, 15) is 13.9 Å². The molecule has 4 nitrogen and oxygen atoms in total. The highest BCUT2D eigenvalue weighted by Gasteiger charge is 2.13. The van der Waals surface area contributed by atoms with Gasteiger partial charge in [-0.2, -0.15) is 8.78 Å². The number of nitrogens with zero attached hydrogens (tertiary/aromatic N) is 1. The lowest BCUT2D eigenvalue weighted by molar-refractivity contribution is -0.0512. The number of likely N-dealkylation sites (N-methyl/N-ethyl adjacent to an activating group) is 1. The molecule has 0 saturated carbocycles. The number of methoxy groups -OCH3 is 1. The van der Waals surface area contributed by atoms with Crippen LogP contribution >= 0.6 is 0 Å². The average molecular weight is 289 g/mol. The molecule has 6 heteroatoms. The van der Waals surface area contributed by atoms with E-state index in [0.717, 1.165) is 5.56 Å². The molecule has 1 aromatic carbocycles. The van der Waals surface area contributed by atoms with Crippen LogP contribution in [0.2, 0.25) is 0 Å². The lowest BCUT2D eigenvalue weighted by Gasteiger charge is -2.20. The molecule has 0 heterocycles. The zero-order valence-electron chi connectivity index (χ0n) is 12.0. The van der Waals surface area contributed by atoms with Crippen molar-refractivity contribution < 1.29 is 23.4 Å². The van der Waals surface area contributed by atoms with Gasteiger partial charge in [-0.1, -0.05) is 13.0 Å². The summed E-state index contributed by atoms with van der Waals surface area (Å²) < 4.78 is 34.1. The Labute approximate surface area is 117 Å². The van der Waals surface area contributed by atoms with Crippen LogP contribution in [0.5, 0.6) is 11.5 Å². The summed E-state index contributed by atoms with van der Waals surface area (Å²) in [4.78, 5) is 1.92. The van der Waals surface area contributed by atoms with Crippen molar-refractivity contribution in [3.63, 3.8) is 0 Å². The Morgan fingerprint density at radius 2 is 2.00 bits per heavy atom. The number of halogens is 2. The quantitative estimate of drug-likeness (QED) is 0.798. The lowest BCUT2D eigenvalue weighted by atomic mass is 10.1. The van der Waals surface area contributed by atoms with Crippen LogP contribution in [0.4, 0.5) is 8.78 Å². The van der Waals surface area contributed by atoms with Gasteiger partial charge >= 0.3 is 6.61 Å². The van der Waals surface area contributed by atoms with Crippen LogP contribution in [0.25, 0.3) is 0 Å². The molecule has 1 atom stereocenters. The van der Waals surface area contributed by atoms with E-state index in [1.807, 2.05) is 18.9 Å². The molecule has 0 spiro atoms. The third-order valence-electron chi connectivity index (χ3n) is 2.89. The van der Waals surface area contributed by atoms with E-state index in [0.29, 0.717) is 19.5 Å². The Hall–Kier alpha value is -1.40. The van der Waals surface area contributed by atoms with Gasteiger partial charge in [-0.15, -0.1) is 0 Å². The minimum atomic E-state index is -2.89. The predicted molar refractivity (Wildman–Crippen MR) is 72.3 cm³/mol. The van der Waals surface area contributed by atoms with Gasteiger partial charge in [-0.05, 0) is 31.2 Å². The molecule has 20 heavy (non-hydrogen) atoms. The van der Waals surface area contributed by atoms with E-state index in [4.69, 9.17) is 4.74 Å². The van der Waals surface area contributed by atoms with Gasteiger partial charge in [0.25, 0.3) is 0 Å². The molecule has 0 aliphatic rings. The molecule has 0 fully saturated rings. The first-order valence-electron chi connectivity index (χ1n) is 6.44. The van der Waals surface area contributed by atoms with Crippen molar-refractivity contribution >= 4 is 0 Å². The van der Waals surface area contributed by atoms with Gasteiger partial charge in [0, 0.05) is 13.1 Å². The molecule has 1 aromatic rings. The third-order valence-corrected chi connectivity index (χ3v) is 2.89. The minimum Gasteiger partial charge on any atom is -0.493 e. The Morgan fingerprint density at radius 3 is 2.55 bits per heavy atom. The minimum absolute atomic E-state index is 0.0180. The number of alkyl halides is 2. The summed E-state index contributed by atoms with van der Waals surface area (Å²) >= 11 is 0. The maximum atomic E-state index is 12.3. The van der Waals surface area contributed by atoms with Crippen molar-refractivity contribution in [3.8, 4) is 11.5 Å². The molecule has 1 N–H and O–H groups in total. The Morgan fingerprint density at radius 1 is 1.30 bits per heavy atom. The molecule has 0 amide bonds. The SMILES string of the molecule is CCC(O)CN(C)Cc1ccc(OC)c(OC(F)F)c1. The number of rotatable bonds is 8. The molecule has 114 valence electrons. The van der Waals surface area contributed by atoms with Crippen LogP contribution in [-0.2, 0) is 6.54 Å². The Kier molecular flexibility index (Phi) is 6.67. The van der Waals surface area contributed by atoms with E-state index in [1.54, 1.807) is 12.1 Å². The molecular formula is C14H21F2NO3. The summed E-state index contributed by atoms with van der Waals surface area (Å²) in [6.45, 7) is 0.0631. The molecule has 0 radical (unpaired) electrons. The number of ether oxygens (including phenoxy) is 2. The standard InChI is InChI=1S/C14H21F2NO3/c1-4-11(18)9-17(2)8-10-5-6-12(19-3)13(7-10)20-14(15)16/h5-7,11,14,18H,4,8-9H2,1-3H3. The van der Waals surface area contributed by atoms with Crippen LogP contribution in [0.3, 0.4) is 0 Å². The smallest absolute Gasteiger partial charge is 0.387 e. The van der Waals surface area contributed by atoms with Crippen LogP contribution in [0.1, 0.15) is 18.9 Å². The van der Waals surface area contributed by atoms with Crippen LogP contribution < -0.4 is 9.47 Å². The molecule has 1 rings (SSSR count). The van der Waals surface area contributed by atoms with Crippen LogP contribution in [0.15, 0.2) is 18.2 Å². The number of benzene rings is 1. The highest BCUT2D eigenvalue weighted by Crippen LogP contribution is 2.29. The van der Waals surface area contributed by atoms with E-state index >= 15 is 0 Å². The highest BCUT2D eigenvalue weighted by atomic mass is 19.3. The first kappa shape index (κ1) is 16.7. The number of aliphatic hydroxyl groups is 1. The molecule has 0 bridgehead atoms. The second-order valence-corrected chi connectivity index (χ2v) is 4.62. The maximum absolute atomic E-state index is 12.3. The Balaban J connectivity index is 2.75. The first-order chi connectivity index (χ1) is 9.46. The van der Waals surface area contributed by atoms with E-state index in [1.165, 1.54) is 13.2 Å². The van der Waals surface area contributed by atoms with Crippen molar-refractivity contribution in [2.24, 2.45) is 0 Å². The van der Waals surface area contributed by atoms with Crippen molar-refractivity contribution in [1.82, 2.24) is 4.90 Å². The largest absolute Gasteiger partial charge is 0.493 e. The summed E-state index contributed by atoms with van der Waals surface area (Å²) in [6, 6.07) is 4.91. The van der Waals surface area contributed by atoms with Gasteiger partial charge in [0.15, 0.2) is 11.5 Å². The van der Waals surface area contributed by atoms with Gasteiger partial charge in [0.2, 0.25) is 0 Å². The van der Waals surface area contributed by atoms with Crippen molar-refractivity contribution in [2.75, 3.05) is 20.7 Å². The van der Waals surface area contributed by atoms with Gasteiger partial charge in [-0.25, -0.2) is 0 Å². The first-order valence-corrected chi connectivity index (χ1v) is 6.44. The second kappa shape index (κ2) is 8.01. The molecular weight excluding hydrogens is 268 g/mol. The fourth-order valence-corrected chi connectivity index (χ4v) is 1.87. The van der Waals surface area contributed by atoms with E-state index < -0.39 is 12.7 Å². The third kappa shape index (κ3) is 5.30. The van der Waals surface area contributed by atoms with E-state index in [2.05, 4.69) is 4.74 Å². The van der Waals surface area contributed by atoms with Crippen molar-refractivity contribution in [1.29, 1.82) is 0 Å². The van der Waals surface area contributed by atoms with Crippen molar-refractivity contribution in [3.05, 3.63) is 23.8 Å². The number of hydrogen-bond donors (Lipinski definition) is 1. The topological polar surface area (TPSA) is 41.9 Å². The molecule has 0 aliphatic carbocycles. The van der Waals surface area contributed by atoms with Gasteiger partial charge in [0.1, 0.15) is 0 Å². The molecule has 0 saturated heterocycles. The summed E-state index contributed by atoms with van der Waals surface area (Å²) in [6.07, 6.45) is 0.280. The van der Waals surface area contributed by atoms with Crippen molar-refractivity contribution in [2.45, 2.75) is 32.6 Å². The zero-order chi connectivity index (χ0) is 15.1. The fourth-order valence-electron chi connectivity index (χ4n) is 1.87. The molecule has 0 aliphatic heterocycles. The lowest BCUT2D eigenvalue weighted by Crippen LogP contribution is -2.28.